The highest BCUT2D eigenvalue weighted by Gasteiger charge is 2.31. The van der Waals surface area contributed by atoms with Crippen LogP contribution in [0.4, 0.5) is 34.4 Å². The molecule has 0 unspecified atom stereocenters. The summed E-state index contributed by atoms with van der Waals surface area (Å²) in [6.45, 7) is 25.6. The molecule has 15 rings (SSSR count). The zero-order valence-corrected chi connectivity index (χ0v) is 59.8. The van der Waals surface area contributed by atoms with Crippen LogP contribution in [0.25, 0.3) is 51.5 Å². The number of ether oxygens (including phenoxy) is 5. The fourth-order valence-corrected chi connectivity index (χ4v) is 13.5. The molecule has 0 aliphatic carbocycles. The predicted molar refractivity (Wildman–Crippen MR) is 381 cm³/mol. The van der Waals surface area contributed by atoms with Crippen LogP contribution in [0.2, 0.25) is 5.15 Å². The van der Waals surface area contributed by atoms with Gasteiger partial charge in [-0.2, -0.15) is 0 Å². The zero-order valence-electron chi connectivity index (χ0n) is 59.0. The van der Waals surface area contributed by atoms with Gasteiger partial charge < -0.3 is 53.9 Å². The normalized spacial score (nSPS) is 19.1. The number of aromatic nitrogens is 12. The number of piperidine rings is 3. The minimum atomic E-state index is -0.522. The van der Waals surface area contributed by atoms with E-state index in [-0.39, 0.29) is 41.5 Å². The summed E-state index contributed by atoms with van der Waals surface area (Å²) in [5.74, 6) is 3.24. The molecule has 0 bridgehead atoms. The van der Waals surface area contributed by atoms with Crippen LogP contribution < -0.4 is 20.4 Å². The SMILES string of the molecule is C1COCCN1.CC(C)(C)OC(=O)N1CCC[C@@H](Cc2cc(Cl)nc(-c3cnc4ccc(F)cn34)n2)C1.CC(C)(C)OC(=O)N1CCC[C@@H](Cc2cc(N3CCOCC3)nc(-c3cnc4ccc(F)cn34)n2)C1.Fc1ccc2ncc(-c3nc(C[C@@H]4CCCNC4)cc(N4CCOCC4)n3)n2c1. The fraction of sp³-hybridized carbons (Fsp3) is 0.521. The van der Waals surface area contributed by atoms with Crippen molar-refractivity contribution in [3.8, 4) is 34.6 Å². The van der Waals surface area contributed by atoms with Gasteiger partial charge in [-0.25, -0.2) is 67.6 Å². The number of nitrogens with zero attached hydrogens (tertiary/aromatic N) is 16. The summed E-state index contributed by atoms with van der Waals surface area (Å²) in [6.07, 6.45) is 17.1. The van der Waals surface area contributed by atoms with Gasteiger partial charge in [0.1, 0.15) is 79.5 Å². The minimum absolute atomic E-state index is 0.236. The Hall–Kier alpha value is -8.67. The third-order valence-electron chi connectivity index (χ3n) is 18.1. The summed E-state index contributed by atoms with van der Waals surface area (Å²) < 4.78 is 73.7. The number of morpholine rings is 3. The summed E-state index contributed by atoms with van der Waals surface area (Å²) in [4.78, 5) is 74.6. The second-order valence-corrected chi connectivity index (χ2v) is 28.9. The van der Waals surface area contributed by atoms with Crippen molar-refractivity contribution in [3.05, 3.63) is 131 Å². The number of nitrogens with one attached hydrogen (secondary N) is 2. The molecule has 0 radical (unpaired) electrons. The number of hydrogen-bond acceptors (Lipinski definition) is 20. The number of likely N-dealkylation sites (tertiary alicyclic amines) is 2. The number of pyridine rings is 3. The first kappa shape index (κ1) is 73.1. The molecule has 544 valence electrons. The van der Waals surface area contributed by atoms with Crippen LogP contribution in [0.5, 0.6) is 0 Å². The lowest BCUT2D eigenvalue weighted by Gasteiger charge is -2.34. The number of halogens is 4. The zero-order chi connectivity index (χ0) is 71.3. The molecule has 29 heteroatoms. The molecule has 102 heavy (non-hydrogen) atoms. The largest absolute Gasteiger partial charge is 0.444 e. The van der Waals surface area contributed by atoms with Crippen molar-refractivity contribution in [2.45, 2.75) is 111 Å². The number of anilines is 2. The van der Waals surface area contributed by atoms with E-state index in [1.807, 2.05) is 47.6 Å². The van der Waals surface area contributed by atoms with Crippen LogP contribution in [-0.4, -0.2) is 209 Å². The number of carbonyl (C=O) groups is 2. The maximum Gasteiger partial charge on any atom is 0.410 e. The van der Waals surface area contributed by atoms with Crippen molar-refractivity contribution in [1.29, 1.82) is 0 Å². The van der Waals surface area contributed by atoms with E-state index in [4.69, 9.17) is 55.2 Å². The Labute approximate surface area is 596 Å². The van der Waals surface area contributed by atoms with Crippen LogP contribution in [0.15, 0.2) is 91.8 Å². The van der Waals surface area contributed by atoms with Crippen molar-refractivity contribution < 1.29 is 46.4 Å². The third kappa shape index (κ3) is 19.9. The molecule has 9 aromatic heterocycles. The summed E-state index contributed by atoms with van der Waals surface area (Å²) in [5.41, 5.74) is 5.47. The standard InChI is InChI=1S/C26H33FN6O3.C22H25ClFN5O2.C21H25FN6O.C4H9NO/c1-26(2,3)36-25(34)32-8-4-5-18(16-32)13-20-14-23(31-9-11-35-12-10-31)30-24(29-20)21-15-28-22-7-6-19(27)17-33(21)22;1-22(2,3)31-21(30)28-8-4-5-14(12-28)9-16-10-18(23)27-20(26-16)17-11-25-19-7-6-15(24)13-29(17)19;22-16-3-4-19-24-13-18(28(19)14-16)21-25-17(10-15-2-1-5-23-12-15)11-20(26-21)27-6-8-29-9-7-27;1-3-6-4-2-5-1/h6-7,14-15,17-18H,4-5,8-13,16H2,1-3H3;6-7,10-11,13-14H,4-5,8-9,12H2,1-3H3;3-4,11,13-15,23H,1-2,5-10,12H2;5H,1-4H2/t18-;14-;15-;/m000./s1. The van der Waals surface area contributed by atoms with Crippen LogP contribution in [0.3, 0.4) is 0 Å². The smallest absolute Gasteiger partial charge is 0.410 e. The Morgan fingerprint density at radius 3 is 1.26 bits per heavy atom. The average molecular weight is 1430 g/mol. The molecule has 15 heterocycles. The fourth-order valence-electron chi connectivity index (χ4n) is 13.3. The Balaban J connectivity index is 0.000000139. The highest BCUT2D eigenvalue weighted by molar-refractivity contribution is 6.29. The van der Waals surface area contributed by atoms with E-state index < -0.39 is 11.2 Å². The van der Waals surface area contributed by atoms with Gasteiger partial charge in [0.15, 0.2) is 17.5 Å². The average Bonchev–Trinajstić information content (AvgIpc) is 1.60. The molecule has 0 saturated carbocycles. The van der Waals surface area contributed by atoms with Gasteiger partial charge in [0.05, 0.1) is 58.2 Å². The van der Waals surface area contributed by atoms with Gasteiger partial charge in [0, 0.05) is 113 Å². The molecule has 2 amide bonds. The van der Waals surface area contributed by atoms with Crippen LogP contribution in [0.1, 0.15) is 97.1 Å². The number of hydrogen-bond donors (Lipinski definition) is 2. The van der Waals surface area contributed by atoms with E-state index in [9.17, 15) is 22.8 Å². The molecule has 6 aliphatic rings. The second-order valence-electron chi connectivity index (χ2n) is 28.5. The Morgan fingerprint density at radius 2 is 0.882 bits per heavy atom. The van der Waals surface area contributed by atoms with Crippen molar-refractivity contribution in [3.63, 3.8) is 0 Å². The Kier molecular flexibility index (Phi) is 24.1. The first-order valence-electron chi connectivity index (χ1n) is 35.5. The Morgan fingerprint density at radius 1 is 0.490 bits per heavy atom. The summed E-state index contributed by atoms with van der Waals surface area (Å²) in [7, 11) is 0. The highest BCUT2D eigenvalue weighted by Crippen LogP contribution is 2.31. The molecule has 2 N–H and O–H groups in total. The van der Waals surface area contributed by atoms with E-state index in [1.165, 1.54) is 49.6 Å². The Bertz CT molecular complexity index is 4280. The van der Waals surface area contributed by atoms with Gasteiger partial charge >= 0.3 is 12.2 Å². The van der Waals surface area contributed by atoms with Crippen LogP contribution >= 0.6 is 11.6 Å². The summed E-state index contributed by atoms with van der Waals surface area (Å²) in [6, 6.07) is 14.9. The third-order valence-corrected chi connectivity index (χ3v) is 18.3. The van der Waals surface area contributed by atoms with Crippen LogP contribution in [0, 0.1) is 35.2 Å². The summed E-state index contributed by atoms with van der Waals surface area (Å²) >= 11 is 6.28. The van der Waals surface area contributed by atoms with Crippen LogP contribution in [-0.2, 0) is 42.9 Å². The van der Waals surface area contributed by atoms with Crippen molar-refractivity contribution >= 4 is 52.4 Å². The van der Waals surface area contributed by atoms with E-state index in [0.717, 1.165) is 126 Å². The lowest BCUT2D eigenvalue weighted by molar-refractivity contribution is 0.0156. The second kappa shape index (κ2) is 33.6. The van der Waals surface area contributed by atoms with Gasteiger partial charge in [0.2, 0.25) is 0 Å². The van der Waals surface area contributed by atoms with Gasteiger partial charge in [-0.1, -0.05) is 11.6 Å². The molecule has 6 fully saturated rings. The van der Waals surface area contributed by atoms with Gasteiger partial charge in [-0.15, -0.1) is 0 Å². The number of carbonyl (C=O) groups excluding carboxylic acids is 2. The highest BCUT2D eigenvalue weighted by atomic mass is 35.5. The first-order chi connectivity index (χ1) is 49.2. The number of fused-ring (bicyclic) bond motifs is 3. The predicted octanol–water partition coefficient (Wildman–Crippen LogP) is 10.6. The number of amides is 2. The van der Waals surface area contributed by atoms with Crippen molar-refractivity contribution in [1.82, 2.24) is 78.5 Å². The minimum Gasteiger partial charge on any atom is -0.444 e. The molecule has 0 aromatic carbocycles. The van der Waals surface area contributed by atoms with Gasteiger partial charge in [0.25, 0.3) is 0 Å². The van der Waals surface area contributed by atoms with Crippen molar-refractivity contribution in [2.75, 3.05) is 128 Å². The molecule has 9 aromatic rings. The monoisotopic (exact) mass is 1420 g/mol. The van der Waals surface area contributed by atoms with Gasteiger partial charge in [-0.05, 0) is 173 Å². The topological polar surface area (TPSA) is 247 Å². The molecular formula is C73H92ClF3N18O7. The van der Waals surface area contributed by atoms with E-state index >= 15 is 0 Å². The van der Waals surface area contributed by atoms with Gasteiger partial charge in [-0.3, -0.25) is 13.2 Å². The maximum absolute atomic E-state index is 14.0. The van der Waals surface area contributed by atoms with E-state index in [1.54, 1.807) is 65.9 Å². The number of rotatable bonds is 11. The van der Waals surface area contributed by atoms with E-state index in [2.05, 4.69) is 51.4 Å². The van der Waals surface area contributed by atoms with E-state index in [0.29, 0.717) is 128 Å². The maximum atomic E-state index is 14.0. The number of imidazole rings is 3. The lowest BCUT2D eigenvalue weighted by atomic mass is 9.93. The molecule has 25 nitrogen and oxygen atoms in total. The molecule has 6 saturated heterocycles. The molecule has 3 atom stereocenters. The summed E-state index contributed by atoms with van der Waals surface area (Å²) in [5, 5.41) is 6.95. The molecule has 0 spiro atoms. The lowest BCUT2D eigenvalue weighted by Crippen LogP contribution is -2.43. The first-order valence-corrected chi connectivity index (χ1v) is 35.9. The quantitative estimate of drug-likeness (QED) is 0.114. The molecular weight excluding hydrogens is 1330 g/mol. The van der Waals surface area contributed by atoms with Crippen molar-refractivity contribution in [2.24, 2.45) is 17.8 Å². The molecule has 6 aliphatic heterocycles.